The number of pyridine rings is 1. The van der Waals surface area contributed by atoms with Crippen molar-refractivity contribution < 1.29 is 13.3 Å². The van der Waals surface area contributed by atoms with Gasteiger partial charge in [-0.25, -0.2) is 4.98 Å². The second-order valence-electron chi connectivity index (χ2n) is 21.5. The van der Waals surface area contributed by atoms with Gasteiger partial charge in [-0.05, 0) is 151 Å². The Balaban J connectivity index is 1.39. The lowest BCUT2D eigenvalue weighted by Crippen LogP contribution is -2.11. The average Bonchev–Trinajstić information content (AvgIpc) is 3.74. The van der Waals surface area contributed by atoms with E-state index < -0.39 is 24.5 Å². The molecule has 0 aliphatic rings. The van der Waals surface area contributed by atoms with Gasteiger partial charge in [0.15, 0.2) is 0 Å². The fourth-order valence-corrected chi connectivity index (χ4v) is 9.37. The molecule has 0 spiro atoms. The number of rotatable bonds is 10. The van der Waals surface area contributed by atoms with Crippen molar-refractivity contribution in [1.29, 1.82) is 0 Å². The van der Waals surface area contributed by atoms with Gasteiger partial charge in [-0.3, -0.25) is 9.55 Å². The number of imidazole rings is 1. The Hall–Kier alpha value is -7.04. The number of hydrogen-bond donors (Lipinski definition) is 1. The van der Waals surface area contributed by atoms with Crippen LogP contribution in [0, 0.1) is 6.85 Å². The summed E-state index contributed by atoms with van der Waals surface area (Å²) < 4.78 is 56.1. The molecule has 0 amide bonds. The van der Waals surface area contributed by atoms with Gasteiger partial charge >= 0.3 is 0 Å². The smallest absolute Gasteiger partial charge is 0.149 e. The lowest BCUT2D eigenvalue weighted by atomic mass is 9.83. The third kappa shape index (κ3) is 9.37. The lowest BCUT2D eigenvalue weighted by Gasteiger charge is -2.22. The molecule has 70 heavy (non-hydrogen) atoms. The maximum Gasteiger partial charge on any atom is 0.149 e. The number of phenols is 1. The summed E-state index contributed by atoms with van der Waals surface area (Å²) in [5, 5.41) is 12.6. The Kier molecular flexibility index (Phi) is 10.9. The normalized spacial score (nSPS) is 14.1. The van der Waals surface area contributed by atoms with E-state index in [1.807, 2.05) is 110 Å². The van der Waals surface area contributed by atoms with Crippen molar-refractivity contribution in [3.05, 3.63) is 191 Å². The fraction of sp³-hybridized carbons (Fsp3) is 0.273. The van der Waals surface area contributed by atoms with E-state index in [0.29, 0.717) is 50.4 Å². The number of hydrogen-bond acceptors (Lipinski definition) is 3. The highest BCUT2D eigenvalue weighted by molar-refractivity contribution is 5.98. The van der Waals surface area contributed by atoms with E-state index in [-0.39, 0.29) is 22.1 Å². The summed E-state index contributed by atoms with van der Waals surface area (Å²) in [7, 11) is 0. The molecule has 7 aromatic carbocycles. The molecule has 0 unspecified atom stereocenters. The molecular weight excluding hydrogens is 851 g/mol. The van der Waals surface area contributed by atoms with Crippen LogP contribution in [0.1, 0.15) is 142 Å². The minimum Gasteiger partial charge on any atom is -0.507 e. The molecule has 2 heterocycles. The van der Waals surface area contributed by atoms with Gasteiger partial charge in [-0.1, -0.05) is 186 Å². The molecule has 0 radical (unpaired) electrons. The van der Waals surface area contributed by atoms with Crippen LogP contribution in [0.3, 0.4) is 0 Å². The van der Waals surface area contributed by atoms with E-state index in [0.717, 1.165) is 61.3 Å². The van der Waals surface area contributed by atoms with Gasteiger partial charge in [-0.15, -0.1) is 0 Å². The maximum absolute atomic E-state index is 12.6. The van der Waals surface area contributed by atoms with Crippen molar-refractivity contribution >= 4 is 11.0 Å². The molecule has 0 bridgehead atoms. The van der Waals surface area contributed by atoms with Gasteiger partial charge in [0.25, 0.3) is 0 Å². The van der Waals surface area contributed by atoms with Crippen LogP contribution in [-0.4, -0.2) is 19.6 Å². The first-order valence-electron chi connectivity index (χ1n) is 27.4. The molecule has 0 atom stereocenters. The van der Waals surface area contributed by atoms with E-state index >= 15 is 0 Å². The van der Waals surface area contributed by atoms with Crippen LogP contribution in [0.15, 0.2) is 158 Å². The summed E-state index contributed by atoms with van der Waals surface area (Å²) in [5.74, 6) is -2.85. The van der Waals surface area contributed by atoms with Gasteiger partial charge in [0.2, 0.25) is 0 Å². The van der Waals surface area contributed by atoms with Crippen LogP contribution in [0.4, 0.5) is 0 Å². The Morgan fingerprint density at radius 1 is 0.514 bits per heavy atom. The Morgan fingerprint density at radius 2 is 1.17 bits per heavy atom. The van der Waals surface area contributed by atoms with Gasteiger partial charge < -0.3 is 5.11 Å². The summed E-state index contributed by atoms with van der Waals surface area (Å²) in [4.78, 5) is 10.6. The summed E-state index contributed by atoms with van der Waals surface area (Å²) >= 11 is 0. The monoisotopic (exact) mass is 926 g/mol. The van der Waals surface area contributed by atoms with Crippen molar-refractivity contribution in [1.82, 2.24) is 14.5 Å². The SMILES string of the molecule is [2H]C([2H])([2H])c1cc(-c2ccc(C(C)(C)C)cc2)c(-n2c(-c3cc(C([2H])(C)C)cc(C([2H])(C)C)c3O)nc3c(-c4cc(-c5cc(-c6ccc(C([2H])(C)C)cc6)ccn5)cc(C(C)(C)C)c4)cccc32)cc1-c1ccccc1. The largest absolute Gasteiger partial charge is 0.507 e. The van der Waals surface area contributed by atoms with E-state index in [1.165, 1.54) is 0 Å². The zero-order valence-electron chi connectivity index (χ0n) is 48.8. The van der Waals surface area contributed by atoms with Crippen molar-refractivity contribution in [3.8, 4) is 78.6 Å². The average molecular weight is 926 g/mol. The lowest BCUT2D eigenvalue weighted by molar-refractivity contribution is 0.466. The standard InChI is InChI=1S/C66H69N3O/c1-40(2)44-22-24-45(25-23-44)48-30-31-67-59(38-48)51-33-50(34-53(35-51)66(11,12)13)54-20-17-21-60-62(54)68-64(58-37-49(41(3)4)36-55(42(5)6)63(58)70)69(60)61-39-56(46-18-15-14-16-19-46)43(7)32-57(61)47-26-28-52(29-27-47)65(8,9)10/h14-42,70H,1-13H3/i7D3,40D,41D,42D. The van der Waals surface area contributed by atoms with Crippen LogP contribution in [0.5, 0.6) is 5.75 Å². The fourth-order valence-electron chi connectivity index (χ4n) is 9.37. The van der Waals surface area contributed by atoms with Crippen LogP contribution < -0.4 is 0 Å². The van der Waals surface area contributed by atoms with Crippen LogP contribution in [-0.2, 0) is 10.8 Å². The van der Waals surface area contributed by atoms with Gasteiger partial charge in [0, 0.05) is 31.1 Å². The quantitative estimate of drug-likeness (QED) is 0.149. The van der Waals surface area contributed by atoms with Crippen molar-refractivity contribution in [3.63, 3.8) is 0 Å². The van der Waals surface area contributed by atoms with Crippen molar-refractivity contribution in [2.24, 2.45) is 0 Å². The Labute approximate surface area is 425 Å². The topological polar surface area (TPSA) is 50.9 Å². The van der Waals surface area contributed by atoms with Crippen LogP contribution >= 0.6 is 0 Å². The first-order valence-corrected chi connectivity index (χ1v) is 24.4. The highest BCUT2D eigenvalue weighted by Gasteiger charge is 2.27. The number of nitrogens with zero attached hydrogens (tertiary/aromatic N) is 3. The predicted octanol–water partition coefficient (Wildman–Crippen LogP) is 18.4. The summed E-state index contributed by atoms with van der Waals surface area (Å²) in [6, 6.07) is 50.1. The molecular formula is C66H69N3O. The van der Waals surface area contributed by atoms with Gasteiger partial charge in [0.05, 0.1) is 28.0 Å². The second-order valence-corrected chi connectivity index (χ2v) is 21.5. The highest BCUT2D eigenvalue weighted by Crippen LogP contribution is 2.46. The minimum absolute atomic E-state index is 0.120. The third-order valence-electron chi connectivity index (χ3n) is 13.6. The third-order valence-corrected chi connectivity index (χ3v) is 13.6. The first kappa shape index (κ1) is 40.8. The van der Waals surface area contributed by atoms with Gasteiger partial charge in [0.1, 0.15) is 11.6 Å². The molecule has 0 fully saturated rings. The molecule has 9 aromatic rings. The molecule has 0 aliphatic heterocycles. The van der Waals surface area contributed by atoms with Crippen molar-refractivity contribution in [2.75, 3.05) is 0 Å². The number of para-hydroxylation sites is 1. The summed E-state index contributed by atoms with van der Waals surface area (Å²) in [6.45, 7) is 21.4. The molecule has 0 saturated carbocycles. The zero-order chi connectivity index (χ0) is 55.1. The van der Waals surface area contributed by atoms with Crippen molar-refractivity contribution in [2.45, 2.75) is 118 Å². The van der Waals surface area contributed by atoms with E-state index in [9.17, 15) is 7.85 Å². The maximum atomic E-state index is 12.6. The molecule has 0 aliphatic carbocycles. The molecule has 0 saturated heterocycles. The van der Waals surface area contributed by atoms with E-state index in [1.54, 1.807) is 39.8 Å². The molecule has 354 valence electrons. The molecule has 4 heteroatoms. The van der Waals surface area contributed by atoms with Gasteiger partial charge in [-0.2, -0.15) is 0 Å². The summed E-state index contributed by atoms with van der Waals surface area (Å²) in [5.41, 5.74) is 14.4. The molecule has 1 N–H and O–H groups in total. The Bertz CT molecular complexity index is 3630. The number of aromatic nitrogens is 3. The molecule has 2 aromatic heterocycles. The summed E-state index contributed by atoms with van der Waals surface area (Å²) in [6.07, 6.45) is 1.84. The molecule has 4 nitrogen and oxygen atoms in total. The number of phenolic OH excluding ortho intramolecular Hbond substituents is 1. The second kappa shape index (κ2) is 18.7. The zero-order valence-corrected chi connectivity index (χ0v) is 42.8. The van der Waals surface area contributed by atoms with Crippen LogP contribution in [0.25, 0.3) is 83.9 Å². The number of aryl methyl sites for hydroxylation is 1. The van der Waals surface area contributed by atoms with E-state index in [2.05, 4.69) is 96.1 Å². The predicted molar refractivity (Wildman–Crippen MR) is 298 cm³/mol. The number of aromatic hydroxyl groups is 1. The minimum atomic E-state index is -2.49. The number of fused-ring (bicyclic) bond motifs is 1. The Morgan fingerprint density at radius 3 is 1.81 bits per heavy atom. The number of benzene rings is 7. The van der Waals surface area contributed by atoms with Crippen LogP contribution in [0.2, 0.25) is 0 Å². The molecule has 9 rings (SSSR count). The highest BCUT2D eigenvalue weighted by atomic mass is 16.3. The first-order chi connectivity index (χ1) is 35.4. The van der Waals surface area contributed by atoms with E-state index in [4.69, 9.17) is 15.5 Å².